The lowest BCUT2D eigenvalue weighted by atomic mass is 10.3. The van der Waals surface area contributed by atoms with Crippen LogP contribution in [-0.2, 0) is 19.5 Å². The van der Waals surface area contributed by atoms with E-state index >= 15 is 0 Å². The van der Waals surface area contributed by atoms with Gasteiger partial charge in [0.15, 0.2) is 0 Å². The zero-order valence-corrected chi connectivity index (χ0v) is 11.7. The zero-order valence-electron chi connectivity index (χ0n) is 10.9. The highest BCUT2D eigenvalue weighted by Gasteiger charge is 2.13. The van der Waals surface area contributed by atoms with Gasteiger partial charge in [0.2, 0.25) is 0 Å². The molecule has 2 nitrogen and oxygen atoms in total. The molecule has 0 bridgehead atoms. The van der Waals surface area contributed by atoms with Crippen LogP contribution in [0, 0.1) is 0 Å². The van der Waals surface area contributed by atoms with E-state index in [-0.39, 0.29) is 0 Å². The molecular formula is C13H25N2S+. The predicted molar refractivity (Wildman–Crippen MR) is 71.9 cm³/mol. The van der Waals surface area contributed by atoms with E-state index in [1.807, 2.05) is 11.8 Å². The number of hydrogen-bond donors (Lipinski definition) is 0. The fourth-order valence-corrected chi connectivity index (χ4v) is 2.44. The number of aryl methyl sites for hydroxylation is 2. The van der Waals surface area contributed by atoms with Crippen molar-refractivity contribution in [1.82, 2.24) is 4.57 Å². The highest BCUT2D eigenvalue weighted by atomic mass is 32.2. The van der Waals surface area contributed by atoms with Crippen LogP contribution in [0.2, 0.25) is 0 Å². The van der Waals surface area contributed by atoms with Gasteiger partial charge in [-0.3, -0.25) is 0 Å². The summed E-state index contributed by atoms with van der Waals surface area (Å²) in [5.41, 5.74) is 0. The third-order valence-electron chi connectivity index (χ3n) is 2.91. The van der Waals surface area contributed by atoms with Gasteiger partial charge >= 0.3 is 0 Å². The number of aromatic nitrogens is 2. The molecule has 0 atom stereocenters. The molecule has 3 heteroatoms. The van der Waals surface area contributed by atoms with Crippen molar-refractivity contribution >= 4 is 11.8 Å². The van der Waals surface area contributed by atoms with Gasteiger partial charge in [0, 0.05) is 6.42 Å². The molecule has 1 rings (SSSR count). The average Bonchev–Trinajstić information content (AvgIpc) is 2.69. The van der Waals surface area contributed by atoms with Crippen LogP contribution < -0.4 is 4.57 Å². The topological polar surface area (TPSA) is 8.81 Å². The summed E-state index contributed by atoms with van der Waals surface area (Å²) in [5, 5.41) is 0. The van der Waals surface area contributed by atoms with Gasteiger partial charge < -0.3 is 0 Å². The molecule has 0 spiro atoms. The van der Waals surface area contributed by atoms with E-state index in [9.17, 15) is 0 Å². The Morgan fingerprint density at radius 2 is 2.12 bits per heavy atom. The van der Waals surface area contributed by atoms with Gasteiger partial charge in [0.1, 0.15) is 12.4 Å². The Bertz CT molecular complexity index is 294. The minimum absolute atomic E-state index is 1.13. The van der Waals surface area contributed by atoms with Crippen LogP contribution in [0.4, 0.5) is 0 Å². The summed E-state index contributed by atoms with van der Waals surface area (Å²) in [6.45, 7) is 6.85. The zero-order chi connectivity index (χ0) is 11.8. The van der Waals surface area contributed by atoms with Crippen LogP contribution >= 0.6 is 11.8 Å². The molecule has 0 aromatic carbocycles. The van der Waals surface area contributed by atoms with Crippen molar-refractivity contribution in [1.29, 1.82) is 0 Å². The lowest BCUT2D eigenvalue weighted by Gasteiger charge is -2.02. The van der Waals surface area contributed by atoms with E-state index in [1.165, 1.54) is 43.9 Å². The van der Waals surface area contributed by atoms with Crippen molar-refractivity contribution in [2.75, 3.05) is 12.0 Å². The van der Waals surface area contributed by atoms with Crippen LogP contribution in [0.1, 0.15) is 38.9 Å². The summed E-state index contributed by atoms with van der Waals surface area (Å²) in [6, 6.07) is 0. The molecule has 0 saturated heterocycles. The van der Waals surface area contributed by atoms with Gasteiger partial charge in [-0.15, -0.1) is 0 Å². The molecule has 1 aromatic rings. The maximum Gasteiger partial charge on any atom is 0.256 e. The van der Waals surface area contributed by atoms with Crippen molar-refractivity contribution in [2.45, 2.75) is 52.6 Å². The summed E-state index contributed by atoms with van der Waals surface area (Å²) in [4.78, 5) is 0. The van der Waals surface area contributed by atoms with Gasteiger partial charge in [0.25, 0.3) is 5.82 Å². The average molecular weight is 241 g/mol. The second-order valence-corrected chi connectivity index (χ2v) is 5.14. The fourth-order valence-electron chi connectivity index (χ4n) is 2.02. The molecule has 16 heavy (non-hydrogen) atoms. The van der Waals surface area contributed by atoms with Crippen molar-refractivity contribution in [3.05, 3.63) is 18.2 Å². The van der Waals surface area contributed by atoms with E-state index in [1.54, 1.807) is 0 Å². The van der Waals surface area contributed by atoms with Crippen LogP contribution in [0.25, 0.3) is 0 Å². The first kappa shape index (κ1) is 13.6. The smallest absolute Gasteiger partial charge is 0.234 e. The van der Waals surface area contributed by atoms with Gasteiger partial charge in [0.05, 0.1) is 13.1 Å². The lowest BCUT2D eigenvalue weighted by Crippen LogP contribution is -2.37. The molecule has 92 valence electrons. The minimum Gasteiger partial charge on any atom is -0.234 e. The number of unbranched alkanes of at least 4 members (excludes halogenated alkanes) is 1. The molecule has 0 radical (unpaired) electrons. The monoisotopic (exact) mass is 241 g/mol. The van der Waals surface area contributed by atoms with E-state index in [0.29, 0.717) is 0 Å². The SMILES string of the molecule is CCCCn1cc[n+](CCCSC)c1CC. The van der Waals surface area contributed by atoms with Crippen molar-refractivity contribution in [3.8, 4) is 0 Å². The van der Waals surface area contributed by atoms with Gasteiger partial charge in [-0.05, 0) is 24.9 Å². The third kappa shape index (κ3) is 3.85. The lowest BCUT2D eigenvalue weighted by molar-refractivity contribution is -0.703. The van der Waals surface area contributed by atoms with Crippen LogP contribution in [0.3, 0.4) is 0 Å². The van der Waals surface area contributed by atoms with Crippen molar-refractivity contribution in [2.24, 2.45) is 0 Å². The molecule has 0 amide bonds. The number of hydrogen-bond acceptors (Lipinski definition) is 1. The number of rotatable bonds is 8. The Hall–Kier alpha value is -0.440. The first-order valence-corrected chi connectivity index (χ1v) is 7.79. The molecule has 0 saturated carbocycles. The van der Waals surface area contributed by atoms with Crippen molar-refractivity contribution in [3.63, 3.8) is 0 Å². The highest BCUT2D eigenvalue weighted by Crippen LogP contribution is 2.02. The van der Waals surface area contributed by atoms with Gasteiger partial charge in [-0.25, -0.2) is 9.13 Å². The van der Waals surface area contributed by atoms with E-state index in [2.05, 4.69) is 41.6 Å². The summed E-state index contributed by atoms with van der Waals surface area (Å²) < 4.78 is 4.84. The molecule has 0 fully saturated rings. The van der Waals surface area contributed by atoms with Gasteiger partial charge in [-0.1, -0.05) is 20.3 Å². The summed E-state index contributed by atoms with van der Waals surface area (Å²) in [5.74, 6) is 2.74. The van der Waals surface area contributed by atoms with E-state index < -0.39 is 0 Å². The first-order valence-electron chi connectivity index (χ1n) is 6.39. The Balaban J connectivity index is 2.58. The molecule has 0 aliphatic rings. The third-order valence-corrected chi connectivity index (χ3v) is 3.60. The molecule has 0 unspecified atom stereocenters. The van der Waals surface area contributed by atoms with E-state index in [4.69, 9.17) is 0 Å². The Morgan fingerprint density at radius 3 is 2.75 bits per heavy atom. The normalized spacial score (nSPS) is 10.9. The largest absolute Gasteiger partial charge is 0.256 e. The maximum absolute atomic E-state index is 2.42. The summed E-state index contributed by atoms with van der Waals surface area (Å²) in [6.07, 6.45) is 11.6. The quantitative estimate of drug-likeness (QED) is 0.502. The Morgan fingerprint density at radius 1 is 1.31 bits per heavy atom. The van der Waals surface area contributed by atoms with E-state index in [0.717, 1.165) is 6.42 Å². The van der Waals surface area contributed by atoms with Crippen molar-refractivity contribution < 1.29 is 4.57 Å². The predicted octanol–water partition coefficient (Wildman–Crippen LogP) is 2.89. The van der Waals surface area contributed by atoms with Crippen LogP contribution in [0.5, 0.6) is 0 Å². The van der Waals surface area contributed by atoms with Crippen LogP contribution in [0.15, 0.2) is 12.4 Å². The molecular weight excluding hydrogens is 216 g/mol. The molecule has 1 heterocycles. The molecule has 0 aliphatic carbocycles. The second-order valence-electron chi connectivity index (χ2n) is 4.15. The minimum atomic E-state index is 1.13. The molecule has 0 aliphatic heterocycles. The second kappa shape index (κ2) is 7.77. The van der Waals surface area contributed by atoms with Gasteiger partial charge in [-0.2, -0.15) is 11.8 Å². The Kier molecular flexibility index (Phi) is 6.62. The summed E-state index contributed by atoms with van der Waals surface area (Å²) in [7, 11) is 0. The fraction of sp³-hybridized carbons (Fsp3) is 0.769. The maximum atomic E-state index is 2.42. The van der Waals surface area contributed by atoms with Crippen LogP contribution in [-0.4, -0.2) is 16.6 Å². The number of nitrogens with zero attached hydrogens (tertiary/aromatic N) is 2. The number of thioether (sulfide) groups is 1. The standard InChI is InChI=1S/C13H25N2S/c1-4-6-8-14-10-11-15(13(14)5-2)9-7-12-16-3/h10-11H,4-9,12H2,1-3H3/q+1. The number of imidazole rings is 1. The Labute approximate surface area is 104 Å². The molecule has 0 N–H and O–H groups in total. The molecule has 1 aromatic heterocycles. The highest BCUT2D eigenvalue weighted by molar-refractivity contribution is 7.98. The first-order chi connectivity index (χ1) is 7.83. The summed E-state index contributed by atoms with van der Waals surface area (Å²) >= 11 is 1.93.